The van der Waals surface area contributed by atoms with Gasteiger partial charge < -0.3 is 28.8 Å². The van der Waals surface area contributed by atoms with Crippen molar-refractivity contribution in [2.24, 2.45) is 0 Å². The maximum absolute atomic E-state index is 12.9. The van der Waals surface area contributed by atoms with Gasteiger partial charge in [-0.2, -0.15) is 0 Å². The molecular weight excluding hydrogens is 797 g/mol. The third kappa shape index (κ3) is 9.70. The largest absolute Gasteiger partial charge is 0.480 e. The fourth-order valence-electron chi connectivity index (χ4n) is 8.02. The van der Waals surface area contributed by atoms with Crippen LogP contribution in [0.5, 0.6) is 0 Å². The molecule has 0 radical (unpaired) electrons. The number of ether oxygens (including phenoxy) is 5. The number of carbonyl (C=O) groups is 6. The first-order chi connectivity index (χ1) is 30.0. The quantitative estimate of drug-likeness (QED) is 0.0712. The van der Waals surface area contributed by atoms with Gasteiger partial charge in [-0.1, -0.05) is 122 Å². The second-order valence-electron chi connectivity index (χ2n) is 14.6. The highest BCUT2D eigenvalue weighted by molar-refractivity contribution is 5.89. The molecule has 3 aliphatic rings. The number of rotatable bonds is 15. The van der Waals surface area contributed by atoms with Crippen molar-refractivity contribution in [3.63, 3.8) is 0 Å². The average molecular weight is 845 g/mol. The van der Waals surface area contributed by atoms with E-state index in [-0.39, 0.29) is 51.2 Å². The van der Waals surface area contributed by atoms with Gasteiger partial charge in [-0.05, 0) is 58.4 Å². The number of amides is 2. The number of fused-ring (bicyclic) bond motifs is 6. The highest BCUT2D eigenvalue weighted by Crippen LogP contribution is 2.46. The van der Waals surface area contributed by atoms with Crippen molar-refractivity contribution < 1.29 is 57.6 Å². The Morgan fingerprint density at radius 1 is 0.710 bits per heavy atom. The van der Waals surface area contributed by atoms with Crippen LogP contribution >= 0.6 is 0 Å². The first kappa shape index (κ1) is 44.3. The zero-order valence-electron chi connectivity index (χ0n) is 34.5. The van der Waals surface area contributed by atoms with Crippen LogP contribution in [-0.4, -0.2) is 102 Å². The van der Waals surface area contributed by atoms with Gasteiger partial charge in [-0.15, -0.1) is 0 Å². The number of carbonyl (C=O) groups excluding carboxylic acids is 5. The summed E-state index contributed by atoms with van der Waals surface area (Å²) in [5.41, 5.74) is 8.72. The molecule has 1 N–H and O–H groups in total. The maximum atomic E-state index is 12.9. The number of aliphatic carboxylic acids is 1. The minimum Gasteiger partial charge on any atom is -0.480 e. The highest BCUT2D eigenvalue weighted by Gasteiger charge is 2.46. The van der Waals surface area contributed by atoms with E-state index in [1.165, 1.54) is 12.2 Å². The van der Waals surface area contributed by atoms with Crippen LogP contribution in [0.25, 0.3) is 22.3 Å². The summed E-state index contributed by atoms with van der Waals surface area (Å²) in [4.78, 5) is 75.6. The molecule has 0 spiro atoms. The molecule has 62 heavy (non-hydrogen) atoms. The zero-order chi connectivity index (χ0) is 44.3. The molecule has 1 saturated heterocycles. The van der Waals surface area contributed by atoms with Gasteiger partial charge in [0.2, 0.25) is 0 Å². The predicted molar refractivity (Wildman–Crippen MR) is 227 cm³/mol. The lowest BCUT2D eigenvalue weighted by molar-refractivity contribution is -0.151. The number of hydrogen-bond donors (Lipinski definition) is 1. The summed E-state index contributed by atoms with van der Waals surface area (Å²) in [6.45, 7) is 10.4. The van der Waals surface area contributed by atoms with Crippen molar-refractivity contribution in [1.82, 2.24) is 9.80 Å². The number of esters is 3. The van der Waals surface area contributed by atoms with E-state index in [0.29, 0.717) is 0 Å². The molecule has 7 rings (SSSR count). The maximum Gasteiger partial charge on any atom is 0.413 e. The first-order valence-corrected chi connectivity index (χ1v) is 20.2. The van der Waals surface area contributed by atoms with Gasteiger partial charge in [0.15, 0.2) is 6.23 Å². The summed E-state index contributed by atoms with van der Waals surface area (Å²) < 4.78 is 26.1. The third-order valence-corrected chi connectivity index (χ3v) is 10.9. The Kier molecular flexibility index (Phi) is 14.6. The van der Waals surface area contributed by atoms with Crippen LogP contribution < -0.4 is 0 Å². The molecule has 4 aromatic carbocycles. The molecule has 0 aromatic heterocycles. The van der Waals surface area contributed by atoms with Gasteiger partial charge in [-0.3, -0.25) is 19.4 Å². The zero-order valence-corrected chi connectivity index (χ0v) is 34.5. The smallest absolute Gasteiger partial charge is 0.413 e. The Labute approximate surface area is 359 Å². The van der Waals surface area contributed by atoms with Crippen molar-refractivity contribution in [2.45, 2.75) is 56.8 Å². The molecule has 14 nitrogen and oxygen atoms in total. The molecule has 3 atom stereocenters. The molecular formula is C48H48N2O12. The number of hydrogen-bond acceptors (Lipinski definition) is 11. The Morgan fingerprint density at radius 3 is 1.58 bits per heavy atom. The molecule has 4 aromatic rings. The van der Waals surface area contributed by atoms with E-state index in [1.807, 2.05) is 84.9 Å². The van der Waals surface area contributed by atoms with E-state index in [9.17, 15) is 33.9 Å². The van der Waals surface area contributed by atoms with Crippen LogP contribution in [0.2, 0.25) is 0 Å². The van der Waals surface area contributed by atoms with Gasteiger partial charge in [0.05, 0.1) is 12.8 Å². The van der Waals surface area contributed by atoms with Crippen molar-refractivity contribution >= 4 is 36.1 Å². The van der Waals surface area contributed by atoms with Gasteiger partial charge in [0, 0.05) is 18.4 Å². The summed E-state index contributed by atoms with van der Waals surface area (Å²) in [5.74, 6) is -3.55. The van der Waals surface area contributed by atoms with E-state index in [0.717, 1.165) is 54.3 Å². The second-order valence-corrected chi connectivity index (χ2v) is 14.6. The van der Waals surface area contributed by atoms with Crippen LogP contribution in [0.3, 0.4) is 0 Å². The van der Waals surface area contributed by atoms with Crippen molar-refractivity contribution in [1.29, 1.82) is 0 Å². The lowest BCUT2D eigenvalue weighted by Crippen LogP contribution is -2.46. The Morgan fingerprint density at radius 2 is 1.15 bits per heavy atom. The molecule has 1 heterocycles. The van der Waals surface area contributed by atoms with Gasteiger partial charge in [0.25, 0.3) is 0 Å². The van der Waals surface area contributed by atoms with Gasteiger partial charge in [-0.25, -0.2) is 19.2 Å². The van der Waals surface area contributed by atoms with Crippen LogP contribution in [0.15, 0.2) is 122 Å². The minimum atomic E-state index is -1.38. The van der Waals surface area contributed by atoms with E-state index >= 15 is 0 Å². The van der Waals surface area contributed by atoms with Crippen LogP contribution in [0.4, 0.5) is 9.59 Å². The summed E-state index contributed by atoms with van der Waals surface area (Å²) >= 11 is 0. The number of likely N-dealkylation sites (N-methyl/N-ethyl adjacent to an activating group) is 1. The molecule has 2 aliphatic carbocycles. The number of nitrogens with zero attached hydrogens (tertiary/aromatic N) is 2. The van der Waals surface area contributed by atoms with Gasteiger partial charge in [0.1, 0.15) is 38.5 Å². The average Bonchev–Trinajstić information content (AvgIpc) is 3.88. The lowest BCUT2D eigenvalue weighted by Gasteiger charge is -2.27. The number of carboxylic acid groups (broad SMARTS) is 1. The molecule has 322 valence electrons. The molecule has 1 fully saturated rings. The Bertz CT molecular complexity index is 2230. The predicted octanol–water partition coefficient (Wildman–Crippen LogP) is 7.46. The van der Waals surface area contributed by atoms with Crippen LogP contribution in [0, 0.1) is 0 Å². The lowest BCUT2D eigenvalue weighted by atomic mass is 9.98. The topological polar surface area (TPSA) is 175 Å². The van der Waals surface area contributed by atoms with E-state index in [2.05, 4.69) is 25.3 Å². The summed E-state index contributed by atoms with van der Waals surface area (Å²) in [6, 6.07) is 29.4. The van der Waals surface area contributed by atoms with E-state index in [4.69, 9.17) is 23.7 Å². The van der Waals surface area contributed by atoms with Crippen LogP contribution in [0.1, 0.15) is 60.8 Å². The first-order valence-electron chi connectivity index (χ1n) is 20.2. The summed E-state index contributed by atoms with van der Waals surface area (Å²) in [7, 11) is 0. The molecule has 2 amide bonds. The SMILES string of the molecule is C=CCOC(=O)C[C@@H](C(=O)O)N(CC)C(=O)OCC1c2ccccc2-c2ccccc21.C=CCOC(=O)C[C@H]1C(=O)OC(C)N1C(=O)OCC1c2ccccc2-c2ccccc21. The fourth-order valence-corrected chi connectivity index (χ4v) is 8.02. The molecule has 14 heteroatoms. The molecule has 1 unspecified atom stereocenters. The van der Waals surface area contributed by atoms with Gasteiger partial charge >= 0.3 is 36.1 Å². The second kappa shape index (κ2) is 20.4. The third-order valence-electron chi connectivity index (χ3n) is 10.9. The number of cyclic esters (lactones) is 1. The highest BCUT2D eigenvalue weighted by atomic mass is 16.6. The van der Waals surface area contributed by atoms with Crippen molar-refractivity contribution in [2.75, 3.05) is 33.0 Å². The normalized spacial score (nSPS) is 16.2. The standard InChI is InChI=1S/C24H23NO6.C24H25NO6/c1-3-12-29-22(26)13-21-23(27)31-15(2)25(21)24(28)30-14-20-18-10-6-4-8-16(18)17-9-5-7-11-19(17)20;1-3-13-30-22(26)14-21(23(27)28)25(4-2)24(29)31-15-20-18-11-7-5-9-16(18)17-10-6-8-12-19(17)20/h3-11,15,20-21H,1,12-14H2,2H3;3,5-12,20-21H,1,4,13-15H2,2H3,(H,27,28)/t15?,21-;21-/m00/s1. The molecule has 0 bridgehead atoms. The number of benzene rings is 4. The van der Waals surface area contributed by atoms with E-state index < -0.39 is 60.8 Å². The van der Waals surface area contributed by atoms with E-state index in [1.54, 1.807) is 13.8 Å². The molecule has 0 saturated carbocycles. The summed E-state index contributed by atoms with van der Waals surface area (Å²) in [6.07, 6.45) is -0.286. The minimum absolute atomic E-state index is 0.0256. The number of carboxylic acids is 1. The molecule has 1 aliphatic heterocycles. The Hall–Kier alpha value is -7.22. The van der Waals surface area contributed by atoms with Crippen LogP contribution in [-0.2, 0) is 42.9 Å². The summed E-state index contributed by atoms with van der Waals surface area (Å²) in [5, 5.41) is 9.56. The Balaban J connectivity index is 0.000000207. The van der Waals surface area contributed by atoms with Crippen molar-refractivity contribution in [3.8, 4) is 22.3 Å². The monoisotopic (exact) mass is 844 g/mol. The van der Waals surface area contributed by atoms with Crippen molar-refractivity contribution in [3.05, 3.63) is 145 Å². The fraction of sp³-hybridized carbons (Fsp3) is 0.292.